The molecule has 0 saturated heterocycles. The Morgan fingerprint density at radius 2 is 2.10 bits per heavy atom. The number of hydrogen-bond acceptors (Lipinski definition) is 6. The fourth-order valence-corrected chi connectivity index (χ4v) is 5.53. The molecule has 2 aromatic heterocycles. The predicted octanol–water partition coefficient (Wildman–Crippen LogP) is 1.69. The summed E-state index contributed by atoms with van der Waals surface area (Å²) in [6, 6.07) is 7.83. The molecule has 2 aromatic rings. The molecule has 0 amide bonds. The van der Waals surface area contributed by atoms with E-state index in [-0.39, 0.29) is 17.4 Å². The minimum absolute atomic E-state index is 0.111. The highest BCUT2D eigenvalue weighted by molar-refractivity contribution is 7.91. The van der Waals surface area contributed by atoms with E-state index in [0.717, 1.165) is 35.5 Å². The largest absolute Gasteiger partial charge is 0.384 e. The van der Waals surface area contributed by atoms with Crippen molar-refractivity contribution in [2.45, 2.75) is 19.0 Å². The molecule has 0 spiro atoms. The smallest absolute Gasteiger partial charge is 0.260 e. The van der Waals surface area contributed by atoms with Crippen LogP contribution in [0.1, 0.15) is 23.2 Å². The van der Waals surface area contributed by atoms with E-state index in [4.69, 9.17) is 0 Å². The molecule has 5 rings (SSSR count). The summed E-state index contributed by atoms with van der Waals surface area (Å²) in [5.41, 5.74) is 5.58. The number of aryl methyl sites for hydroxylation is 1. The summed E-state index contributed by atoms with van der Waals surface area (Å²) in [4.78, 5) is 19.9. The van der Waals surface area contributed by atoms with Gasteiger partial charge in [-0.2, -0.15) is 0 Å². The van der Waals surface area contributed by atoms with E-state index < -0.39 is 9.84 Å². The summed E-state index contributed by atoms with van der Waals surface area (Å²) in [5, 5.41) is 3.45. The lowest BCUT2D eigenvalue weighted by atomic mass is 9.92. The van der Waals surface area contributed by atoms with Crippen LogP contribution in [-0.2, 0) is 23.4 Å². The number of sulfone groups is 1. The van der Waals surface area contributed by atoms with Gasteiger partial charge in [0.05, 0.1) is 35.3 Å². The van der Waals surface area contributed by atoms with Gasteiger partial charge in [-0.25, -0.2) is 8.42 Å². The Labute approximate surface area is 181 Å². The number of allylic oxidation sites excluding steroid dienone is 1. The molecule has 0 bridgehead atoms. The molecule has 160 valence electrons. The first kappa shape index (κ1) is 19.8. The number of pyridine rings is 2. The Hall–Kier alpha value is -3.13. The second-order valence-corrected chi connectivity index (χ2v) is 10.5. The fourth-order valence-electron chi connectivity index (χ4n) is 4.72. The van der Waals surface area contributed by atoms with Crippen LogP contribution >= 0.6 is 0 Å². The topological polar surface area (TPSA) is 84.3 Å². The lowest BCUT2D eigenvalue weighted by Crippen LogP contribution is -2.38. The van der Waals surface area contributed by atoms with Crippen molar-refractivity contribution in [3.8, 4) is 0 Å². The van der Waals surface area contributed by atoms with Gasteiger partial charge in [-0.05, 0) is 47.4 Å². The number of fused-ring (bicyclic) bond motifs is 2. The maximum absolute atomic E-state index is 13.2. The quantitative estimate of drug-likeness (QED) is 0.785. The maximum Gasteiger partial charge on any atom is 0.260 e. The Bertz CT molecular complexity index is 1320. The molecular formula is C23H24N4O3S. The van der Waals surface area contributed by atoms with Gasteiger partial charge >= 0.3 is 0 Å². The highest BCUT2D eigenvalue weighted by Crippen LogP contribution is 2.42. The molecule has 2 aliphatic heterocycles. The minimum Gasteiger partial charge on any atom is -0.384 e. The Morgan fingerprint density at radius 1 is 1.26 bits per heavy atom. The molecule has 0 fully saturated rings. The van der Waals surface area contributed by atoms with Gasteiger partial charge in [0.1, 0.15) is 0 Å². The van der Waals surface area contributed by atoms with Crippen molar-refractivity contribution in [1.82, 2.24) is 19.8 Å². The van der Waals surface area contributed by atoms with E-state index in [1.165, 1.54) is 6.26 Å². The van der Waals surface area contributed by atoms with Crippen molar-refractivity contribution in [2.75, 3.05) is 18.6 Å². The van der Waals surface area contributed by atoms with E-state index in [2.05, 4.69) is 21.4 Å². The number of aromatic nitrogens is 2. The zero-order chi connectivity index (χ0) is 21.8. The first-order chi connectivity index (χ1) is 14.8. The van der Waals surface area contributed by atoms with Crippen LogP contribution in [0.4, 0.5) is 0 Å². The van der Waals surface area contributed by atoms with Gasteiger partial charge in [0.2, 0.25) is 0 Å². The normalized spacial score (nSPS) is 19.8. The van der Waals surface area contributed by atoms with Crippen LogP contribution in [0.25, 0.3) is 11.3 Å². The molecule has 0 radical (unpaired) electrons. The van der Waals surface area contributed by atoms with Crippen molar-refractivity contribution in [3.63, 3.8) is 0 Å². The molecule has 7 nitrogen and oxygen atoms in total. The van der Waals surface area contributed by atoms with Gasteiger partial charge in [0.25, 0.3) is 5.56 Å². The third-order valence-electron chi connectivity index (χ3n) is 6.02. The van der Waals surface area contributed by atoms with Crippen LogP contribution in [-0.4, -0.2) is 47.5 Å². The molecule has 0 aromatic carbocycles. The molecule has 1 aliphatic carbocycles. The van der Waals surface area contributed by atoms with Gasteiger partial charge in [0, 0.05) is 44.0 Å². The molecule has 3 aliphatic rings. The van der Waals surface area contributed by atoms with Crippen LogP contribution in [0.15, 0.2) is 64.9 Å². The first-order valence-corrected chi connectivity index (χ1v) is 12.3. The minimum atomic E-state index is -3.29. The standard InChI is InChI=1S/C23H24N4O3S/c1-26-10-7-18-16(14-31(2,29)30)11-15-12-27(13-17-5-3-4-8-24-17)19-6-9-25-22(20(15)19)21(18)23(26)28/h3-5,7-8,10-12,19,25H,6,9,13-14H2,1-2H3. The fraction of sp³-hybridized carbons (Fsp3) is 0.304. The van der Waals surface area contributed by atoms with Gasteiger partial charge in [-0.15, -0.1) is 0 Å². The number of hydrogen-bond donors (Lipinski definition) is 1. The highest BCUT2D eigenvalue weighted by Gasteiger charge is 2.38. The van der Waals surface area contributed by atoms with E-state index >= 15 is 0 Å². The van der Waals surface area contributed by atoms with Crippen molar-refractivity contribution in [2.24, 2.45) is 7.05 Å². The van der Waals surface area contributed by atoms with Crippen molar-refractivity contribution < 1.29 is 8.42 Å². The van der Waals surface area contributed by atoms with E-state index in [1.54, 1.807) is 24.0 Å². The lowest BCUT2D eigenvalue weighted by Gasteiger charge is -2.32. The summed E-state index contributed by atoms with van der Waals surface area (Å²) in [6.45, 7) is 1.39. The SMILES string of the molecule is Cn1ccc2c(c1=O)C1=C3C(=CN(Cc4ccccn4)C3CCN1)C=C2CS(C)(=O)=O. The van der Waals surface area contributed by atoms with Crippen molar-refractivity contribution in [3.05, 3.63) is 87.3 Å². The average molecular weight is 437 g/mol. The zero-order valence-corrected chi connectivity index (χ0v) is 18.3. The first-order valence-electron chi connectivity index (χ1n) is 10.3. The Morgan fingerprint density at radius 3 is 2.84 bits per heavy atom. The third kappa shape index (κ3) is 3.50. The second kappa shape index (κ2) is 7.23. The van der Waals surface area contributed by atoms with E-state index in [9.17, 15) is 13.2 Å². The molecule has 0 saturated carbocycles. The van der Waals surface area contributed by atoms with Gasteiger partial charge < -0.3 is 14.8 Å². The summed E-state index contributed by atoms with van der Waals surface area (Å²) in [5.74, 6) is -0.115. The Balaban J connectivity index is 1.71. The zero-order valence-electron chi connectivity index (χ0n) is 17.5. The summed E-state index contributed by atoms with van der Waals surface area (Å²) >= 11 is 0. The second-order valence-electron chi connectivity index (χ2n) is 8.36. The third-order valence-corrected chi connectivity index (χ3v) is 6.86. The highest BCUT2D eigenvalue weighted by atomic mass is 32.2. The van der Waals surface area contributed by atoms with Crippen LogP contribution in [0.3, 0.4) is 0 Å². The van der Waals surface area contributed by atoms with Crippen molar-refractivity contribution >= 4 is 21.1 Å². The molecule has 8 heteroatoms. The molecule has 1 unspecified atom stereocenters. The summed E-state index contributed by atoms with van der Waals surface area (Å²) < 4.78 is 26.0. The molecular weight excluding hydrogens is 412 g/mol. The van der Waals surface area contributed by atoms with Crippen LogP contribution < -0.4 is 10.9 Å². The number of rotatable bonds is 4. The van der Waals surface area contributed by atoms with Gasteiger partial charge in [0.15, 0.2) is 9.84 Å². The Kier molecular flexibility index (Phi) is 4.62. The van der Waals surface area contributed by atoms with Gasteiger partial charge in [-0.1, -0.05) is 6.07 Å². The monoisotopic (exact) mass is 436 g/mol. The van der Waals surface area contributed by atoms with Crippen LogP contribution in [0.2, 0.25) is 0 Å². The van der Waals surface area contributed by atoms with Gasteiger partial charge in [-0.3, -0.25) is 9.78 Å². The van der Waals surface area contributed by atoms with E-state index in [1.807, 2.05) is 30.3 Å². The summed E-state index contributed by atoms with van der Waals surface area (Å²) in [6.07, 6.45) is 9.63. The predicted molar refractivity (Wildman–Crippen MR) is 121 cm³/mol. The van der Waals surface area contributed by atoms with E-state index in [0.29, 0.717) is 23.2 Å². The molecule has 4 heterocycles. The molecule has 1 atom stereocenters. The maximum atomic E-state index is 13.2. The van der Waals surface area contributed by atoms with Crippen LogP contribution in [0, 0.1) is 0 Å². The molecule has 31 heavy (non-hydrogen) atoms. The van der Waals surface area contributed by atoms with Crippen LogP contribution in [0.5, 0.6) is 0 Å². The molecule has 1 N–H and O–H groups in total. The van der Waals surface area contributed by atoms with Crippen molar-refractivity contribution in [1.29, 1.82) is 0 Å². The number of nitrogens with zero attached hydrogens (tertiary/aromatic N) is 3. The number of nitrogens with one attached hydrogen (secondary N) is 1. The average Bonchev–Trinajstić information content (AvgIpc) is 3.00. The summed E-state index contributed by atoms with van der Waals surface area (Å²) in [7, 11) is -1.57. The lowest BCUT2D eigenvalue weighted by molar-refractivity contribution is 0.297.